The molecule has 1 aromatic rings. The number of fused-ring (bicyclic) bond motifs is 1. The second-order valence-electron chi connectivity index (χ2n) is 7.81. The Balaban J connectivity index is 1.33. The van der Waals surface area contributed by atoms with Crippen LogP contribution in [0.1, 0.15) is 19.3 Å². The Morgan fingerprint density at radius 1 is 1.21 bits per heavy atom. The predicted octanol–water partition coefficient (Wildman–Crippen LogP) is 1.41. The number of allylic oxidation sites excluding steroid dienone is 2. The van der Waals surface area contributed by atoms with Crippen LogP contribution in [0.25, 0.3) is 0 Å². The maximum atomic E-state index is 6.13. The number of nitrogens with two attached hydrogens (primary N) is 1. The van der Waals surface area contributed by atoms with Crippen LogP contribution in [-0.2, 0) is 4.74 Å². The Kier molecular flexibility index (Phi) is 4.66. The van der Waals surface area contributed by atoms with E-state index >= 15 is 0 Å². The smallest absolute Gasteiger partial charge is 0.181 e. The van der Waals surface area contributed by atoms with Crippen LogP contribution in [0.15, 0.2) is 46.9 Å². The third-order valence-corrected chi connectivity index (χ3v) is 5.92. The van der Waals surface area contributed by atoms with Crippen molar-refractivity contribution in [3.63, 3.8) is 0 Å². The molecular formula is C20H27N7O. The summed E-state index contributed by atoms with van der Waals surface area (Å²) < 4.78 is 5.43. The van der Waals surface area contributed by atoms with E-state index in [4.69, 9.17) is 10.5 Å². The van der Waals surface area contributed by atoms with E-state index in [0.29, 0.717) is 12.0 Å². The van der Waals surface area contributed by atoms with Gasteiger partial charge in [0.1, 0.15) is 12.2 Å². The topological polar surface area (TPSA) is 91.0 Å². The zero-order valence-corrected chi connectivity index (χ0v) is 15.9. The molecule has 0 radical (unpaired) electrons. The van der Waals surface area contributed by atoms with Gasteiger partial charge >= 0.3 is 0 Å². The summed E-state index contributed by atoms with van der Waals surface area (Å²) in [6.07, 6.45) is 11.3. The molecule has 1 saturated carbocycles. The minimum Gasteiger partial charge on any atom is -0.378 e. The van der Waals surface area contributed by atoms with Gasteiger partial charge in [-0.3, -0.25) is 10.4 Å². The molecule has 1 aliphatic carbocycles. The minimum absolute atomic E-state index is 0.0838. The van der Waals surface area contributed by atoms with Gasteiger partial charge in [0, 0.05) is 25.3 Å². The number of nitrogens with zero attached hydrogens (tertiary/aromatic N) is 4. The van der Waals surface area contributed by atoms with Crippen molar-refractivity contribution in [1.29, 1.82) is 0 Å². The highest BCUT2D eigenvalue weighted by molar-refractivity contribution is 5.60. The van der Waals surface area contributed by atoms with Gasteiger partial charge in [-0.25, -0.2) is 9.98 Å². The summed E-state index contributed by atoms with van der Waals surface area (Å²) in [5.74, 6) is 1.33. The minimum atomic E-state index is -0.0838. The normalized spacial score (nSPS) is 29.2. The van der Waals surface area contributed by atoms with Crippen LogP contribution < -0.4 is 21.4 Å². The maximum absolute atomic E-state index is 6.13. The van der Waals surface area contributed by atoms with Crippen LogP contribution in [0.4, 0.5) is 11.5 Å². The van der Waals surface area contributed by atoms with Crippen molar-refractivity contribution in [1.82, 2.24) is 15.4 Å². The molecule has 4 aliphatic rings. The molecule has 0 aromatic carbocycles. The van der Waals surface area contributed by atoms with Crippen LogP contribution in [0.5, 0.6) is 0 Å². The highest BCUT2D eigenvalue weighted by Gasteiger charge is 2.32. The van der Waals surface area contributed by atoms with Crippen molar-refractivity contribution >= 4 is 17.8 Å². The molecule has 3 atom stereocenters. The van der Waals surface area contributed by atoms with Crippen molar-refractivity contribution < 1.29 is 4.74 Å². The molecule has 4 N–H and O–H groups in total. The first-order valence-electron chi connectivity index (χ1n) is 10.1. The number of hydrogen-bond donors (Lipinski definition) is 3. The lowest BCUT2D eigenvalue weighted by atomic mass is 9.95. The summed E-state index contributed by atoms with van der Waals surface area (Å²) in [6, 6.07) is 4.46. The third kappa shape index (κ3) is 3.45. The van der Waals surface area contributed by atoms with Crippen molar-refractivity contribution in [2.45, 2.75) is 31.5 Å². The van der Waals surface area contributed by atoms with Crippen LogP contribution in [-0.4, -0.2) is 54.8 Å². The first kappa shape index (κ1) is 17.5. The van der Waals surface area contributed by atoms with E-state index in [-0.39, 0.29) is 6.17 Å². The first-order chi connectivity index (χ1) is 13.8. The molecule has 1 saturated heterocycles. The van der Waals surface area contributed by atoms with E-state index in [1.807, 2.05) is 17.3 Å². The van der Waals surface area contributed by atoms with Crippen molar-refractivity contribution in [3.8, 4) is 0 Å². The van der Waals surface area contributed by atoms with Gasteiger partial charge in [-0.1, -0.05) is 0 Å². The molecule has 3 aliphatic heterocycles. The van der Waals surface area contributed by atoms with E-state index in [0.717, 1.165) is 62.8 Å². The summed E-state index contributed by atoms with van der Waals surface area (Å²) in [5.41, 5.74) is 12.8. The number of ether oxygens (including phenoxy) is 1. The number of anilines is 2. The zero-order valence-electron chi connectivity index (χ0n) is 15.9. The van der Waals surface area contributed by atoms with Crippen LogP contribution >= 0.6 is 0 Å². The molecule has 4 heterocycles. The Labute approximate surface area is 165 Å². The van der Waals surface area contributed by atoms with Crippen molar-refractivity contribution in [2.24, 2.45) is 16.6 Å². The molecule has 2 fully saturated rings. The highest BCUT2D eigenvalue weighted by atomic mass is 16.5. The van der Waals surface area contributed by atoms with Crippen molar-refractivity contribution in [2.75, 3.05) is 36.5 Å². The van der Waals surface area contributed by atoms with E-state index in [1.54, 1.807) is 6.34 Å². The lowest BCUT2D eigenvalue weighted by Gasteiger charge is -2.31. The van der Waals surface area contributed by atoms with Gasteiger partial charge in [0.25, 0.3) is 0 Å². The Bertz CT molecular complexity index is 797. The van der Waals surface area contributed by atoms with E-state index < -0.39 is 0 Å². The lowest BCUT2D eigenvalue weighted by molar-refractivity contribution is 0.122. The average Bonchev–Trinajstić information content (AvgIpc) is 3.38. The quantitative estimate of drug-likeness (QED) is 0.726. The number of nitrogens with one attached hydrogen (secondary N) is 2. The summed E-state index contributed by atoms with van der Waals surface area (Å²) in [5, 5.41) is 5.53. The molecule has 8 heteroatoms. The second-order valence-corrected chi connectivity index (χ2v) is 7.81. The lowest BCUT2D eigenvalue weighted by Crippen LogP contribution is -2.39. The van der Waals surface area contributed by atoms with E-state index in [9.17, 15) is 0 Å². The molecule has 8 nitrogen and oxygen atoms in total. The van der Waals surface area contributed by atoms with Gasteiger partial charge in [0.05, 0.1) is 30.8 Å². The van der Waals surface area contributed by atoms with Gasteiger partial charge in [0.2, 0.25) is 0 Å². The van der Waals surface area contributed by atoms with Gasteiger partial charge in [0.15, 0.2) is 6.17 Å². The third-order valence-electron chi connectivity index (χ3n) is 5.92. The number of pyridine rings is 1. The fourth-order valence-electron chi connectivity index (χ4n) is 4.36. The fourth-order valence-corrected chi connectivity index (χ4v) is 4.36. The van der Waals surface area contributed by atoms with Gasteiger partial charge in [-0.05, 0) is 49.0 Å². The highest BCUT2D eigenvalue weighted by Crippen LogP contribution is 2.35. The fraction of sp³-hybridized carbons (Fsp3) is 0.500. The molecule has 28 heavy (non-hydrogen) atoms. The SMILES string of the molecule is NC1CCC(C2=CN3NC=NC3C(Nc3ccc(N4CCOCC4)cn3)=C2)C1. The van der Waals surface area contributed by atoms with Crippen LogP contribution in [0, 0.1) is 5.92 Å². The number of hydrazine groups is 1. The van der Waals surface area contributed by atoms with Crippen molar-refractivity contribution in [3.05, 3.63) is 41.9 Å². The second kappa shape index (κ2) is 7.44. The molecule has 0 bridgehead atoms. The summed E-state index contributed by atoms with van der Waals surface area (Å²) in [7, 11) is 0. The maximum Gasteiger partial charge on any atom is 0.181 e. The van der Waals surface area contributed by atoms with Gasteiger partial charge < -0.3 is 20.7 Å². The Morgan fingerprint density at radius 3 is 2.86 bits per heavy atom. The summed E-state index contributed by atoms with van der Waals surface area (Å²) >= 11 is 0. The van der Waals surface area contributed by atoms with E-state index in [1.165, 1.54) is 5.57 Å². The molecule has 3 unspecified atom stereocenters. The summed E-state index contributed by atoms with van der Waals surface area (Å²) in [4.78, 5) is 11.5. The molecule has 5 rings (SSSR count). The van der Waals surface area contributed by atoms with E-state index in [2.05, 4.69) is 44.0 Å². The number of aromatic nitrogens is 1. The van der Waals surface area contributed by atoms with Gasteiger partial charge in [-0.15, -0.1) is 0 Å². The Hall–Kier alpha value is -2.58. The number of aliphatic imine (C=N–C) groups is 1. The van der Waals surface area contributed by atoms with Crippen LogP contribution in [0.2, 0.25) is 0 Å². The molecule has 0 spiro atoms. The Morgan fingerprint density at radius 2 is 2.11 bits per heavy atom. The number of morpholine rings is 1. The number of rotatable bonds is 4. The first-order valence-corrected chi connectivity index (χ1v) is 10.1. The predicted molar refractivity (Wildman–Crippen MR) is 110 cm³/mol. The number of hydrogen-bond acceptors (Lipinski definition) is 8. The average molecular weight is 381 g/mol. The zero-order chi connectivity index (χ0) is 18.9. The molecule has 1 aromatic heterocycles. The molecular weight excluding hydrogens is 354 g/mol. The summed E-state index contributed by atoms with van der Waals surface area (Å²) in [6.45, 7) is 3.37. The molecule has 0 amide bonds. The molecule has 148 valence electrons. The standard InChI is InChI=1S/C20H27N7O/c21-16-2-1-14(9-16)15-10-18(20-23-13-24-27(20)12-15)25-19-4-3-17(11-22-19)26-5-7-28-8-6-26/h3-4,10-14,16,20H,1-2,5-9,21H2,(H,22,25)(H,23,24). The van der Waals surface area contributed by atoms with Gasteiger partial charge in [-0.2, -0.15) is 0 Å². The largest absolute Gasteiger partial charge is 0.378 e. The monoisotopic (exact) mass is 381 g/mol. The van der Waals surface area contributed by atoms with Crippen LogP contribution in [0.3, 0.4) is 0 Å².